The van der Waals surface area contributed by atoms with Gasteiger partial charge in [-0.2, -0.15) is 27.6 Å². The van der Waals surface area contributed by atoms with E-state index in [2.05, 4.69) is 19.8 Å². The van der Waals surface area contributed by atoms with Crippen molar-refractivity contribution in [1.29, 1.82) is 0 Å². The van der Waals surface area contributed by atoms with Crippen LogP contribution in [0.4, 0.5) is 22.7 Å². The Balaban J connectivity index is 1.54. The number of nitrogens with one attached hydrogen (secondary N) is 1. The van der Waals surface area contributed by atoms with Crippen LogP contribution in [0.1, 0.15) is 21.7 Å². The summed E-state index contributed by atoms with van der Waals surface area (Å²) < 4.78 is 57.9. The summed E-state index contributed by atoms with van der Waals surface area (Å²) in [6.45, 7) is 0.0970. The highest BCUT2D eigenvalue weighted by Gasteiger charge is 2.34. The third-order valence-electron chi connectivity index (χ3n) is 4.02. The maximum atomic E-state index is 13.3. The van der Waals surface area contributed by atoms with Crippen molar-refractivity contribution in [1.82, 2.24) is 19.1 Å². The maximum absolute atomic E-state index is 13.3. The molecule has 4 rings (SSSR count). The van der Waals surface area contributed by atoms with Crippen LogP contribution in [0.15, 0.2) is 30.3 Å². The molecule has 1 aromatic carbocycles. The molecule has 140 valence electrons. The van der Waals surface area contributed by atoms with Crippen molar-refractivity contribution in [2.24, 2.45) is 0 Å². The minimum absolute atomic E-state index is 0.0449. The molecule has 1 unspecified atom stereocenters. The zero-order valence-corrected chi connectivity index (χ0v) is 14.3. The molecule has 0 bridgehead atoms. The molecule has 1 N–H and O–H groups in total. The van der Waals surface area contributed by atoms with Gasteiger partial charge in [-0.25, -0.2) is 4.39 Å². The molecule has 6 nitrogen and oxygen atoms in total. The Labute approximate surface area is 154 Å². The molecule has 0 fully saturated rings. The minimum Gasteiger partial charge on any atom is -0.295 e. The van der Waals surface area contributed by atoms with Crippen LogP contribution >= 0.6 is 11.5 Å². The van der Waals surface area contributed by atoms with Gasteiger partial charge in [-0.3, -0.25) is 14.8 Å². The molecular weight excluding hydrogens is 386 g/mol. The van der Waals surface area contributed by atoms with Crippen molar-refractivity contribution < 1.29 is 22.4 Å². The summed E-state index contributed by atoms with van der Waals surface area (Å²) in [5, 5.41) is 6.53. The first kappa shape index (κ1) is 17.6. The van der Waals surface area contributed by atoms with Crippen molar-refractivity contribution in [2.75, 3.05) is 5.32 Å². The lowest BCUT2D eigenvalue weighted by Crippen LogP contribution is -2.14. The lowest BCUT2D eigenvalue weighted by molar-refractivity contribution is -0.137. The number of benzene rings is 1. The molecule has 0 radical (unpaired) electrons. The SMILES string of the molecule is O=C(Nc1nc(-c2ccccc2C(F)(F)F)ns1)c1cc2n(n1)CC(F)C2. The third kappa shape index (κ3) is 3.42. The van der Waals surface area contributed by atoms with Gasteiger partial charge in [-0.1, -0.05) is 18.2 Å². The van der Waals surface area contributed by atoms with Gasteiger partial charge in [-0.05, 0) is 12.1 Å². The minimum atomic E-state index is -4.55. The van der Waals surface area contributed by atoms with Gasteiger partial charge in [-0.15, -0.1) is 0 Å². The molecule has 3 aromatic rings. The van der Waals surface area contributed by atoms with Crippen LogP contribution in [0.25, 0.3) is 11.4 Å². The van der Waals surface area contributed by atoms with E-state index in [1.54, 1.807) is 0 Å². The molecule has 1 atom stereocenters. The molecule has 1 aliphatic heterocycles. The molecule has 1 amide bonds. The summed E-state index contributed by atoms with van der Waals surface area (Å²) in [4.78, 5) is 16.2. The van der Waals surface area contributed by atoms with Gasteiger partial charge >= 0.3 is 6.18 Å². The largest absolute Gasteiger partial charge is 0.417 e. The average molecular weight is 397 g/mol. The smallest absolute Gasteiger partial charge is 0.295 e. The van der Waals surface area contributed by atoms with Crippen LogP contribution in [-0.2, 0) is 19.1 Å². The van der Waals surface area contributed by atoms with E-state index in [1.807, 2.05) is 0 Å². The normalized spacial score (nSPS) is 16.4. The fourth-order valence-corrected chi connectivity index (χ4v) is 3.42. The standard InChI is InChI=1S/C16H11F4N5OS/c17-8-5-9-6-12(23-25(9)7-8)14(26)22-15-21-13(24-27-15)10-3-1-2-4-11(10)16(18,19)20/h1-4,6,8H,5,7H2,(H,21,22,24,26). The molecule has 0 saturated carbocycles. The highest BCUT2D eigenvalue weighted by molar-refractivity contribution is 7.10. The topological polar surface area (TPSA) is 72.7 Å². The van der Waals surface area contributed by atoms with Gasteiger partial charge in [0.2, 0.25) is 5.13 Å². The van der Waals surface area contributed by atoms with Crippen molar-refractivity contribution >= 4 is 22.6 Å². The highest BCUT2D eigenvalue weighted by atomic mass is 32.1. The highest BCUT2D eigenvalue weighted by Crippen LogP contribution is 2.36. The summed E-state index contributed by atoms with van der Waals surface area (Å²) in [5.41, 5.74) is -0.322. The van der Waals surface area contributed by atoms with Crippen LogP contribution in [0.3, 0.4) is 0 Å². The second kappa shape index (κ2) is 6.41. The number of fused-ring (bicyclic) bond motifs is 1. The fraction of sp³-hybridized carbons (Fsp3) is 0.250. The number of rotatable bonds is 3. The van der Waals surface area contributed by atoms with Crippen LogP contribution < -0.4 is 5.32 Å². The number of aromatic nitrogens is 4. The first-order valence-corrected chi connectivity index (χ1v) is 8.61. The Kier molecular flexibility index (Phi) is 4.17. The van der Waals surface area contributed by atoms with Gasteiger partial charge in [0, 0.05) is 29.2 Å². The average Bonchev–Trinajstić information content (AvgIpc) is 3.28. The zero-order chi connectivity index (χ0) is 19.2. The first-order valence-electron chi connectivity index (χ1n) is 7.83. The zero-order valence-electron chi connectivity index (χ0n) is 13.5. The van der Waals surface area contributed by atoms with E-state index < -0.39 is 23.8 Å². The number of carbonyl (C=O) groups is 1. The molecule has 1 aliphatic rings. The summed E-state index contributed by atoms with van der Waals surface area (Å²) in [6.07, 6.45) is -5.36. The lowest BCUT2D eigenvalue weighted by atomic mass is 10.1. The maximum Gasteiger partial charge on any atom is 0.417 e. The summed E-state index contributed by atoms with van der Waals surface area (Å²) in [7, 11) is 0. The fourth-order valence-electron chi connectivity index (χ4n) is 2.84. The number of hydrogen-bond acceptors (Lipinski definition) is 5. The van der Waals surface area contributed by atoms with E-state index in [4.69, 9.17) is 0 Å². The van der Waals surface area contributed by atoms with E-state index in [0.29, 0.717) is 5.69 Å². The molecule has 0 aliphatic carbocycles. The molecule has 0 saturated heterocycles. The molecule has 2 aromatic heterocycles. The van der Waals surface area contributed by atoms with E-state index in [9.17, 15) is 22.4 Å². The van der Waals surface area contributed by atoms with Gasteiger partial charge < -0.3 is 0 Å². The predicted molar refractivity (Wildman–Crippen MR) is 89.1 cm³/mol. The number of anilines is 1. The predicted octanol–water partition coefficient (Wildman–Crippen LogP) is 3.57. The molecule has 3 heterocycles. The molecule has 27 heavy (non-hydrogen) atoms. The Morgan fingerprint density at radius 1 is 1.30 bits per heavy atom. The lowest BCUT2D eigenvalue weighted by Gasteiger charge is -2.09. The van der Waals surface area contributed by atoms with E-state index in [0.717, 1.165) is 17.6 Å². The van der Waals surface area contributed by atoms with Crippen molar-refractivity contribution in [3.05, 3.63) is 47.3 Å². The Morgan fingerprint density at radius 3 is 2.81 bits per heavy atom. The Bertz CT molecular complexity index is 989. The van der Waals surface area contributed by atoms with Gasteiger partial charge in [0.1, 0.15) is 6.17 Å². The van der Waals surface area contributed by atoms with Gasteiger partial charge in [0.05, 0.1) is 12.1 Å². The van der Waals surface area contributed by atoms with Crippen LogP contribution in [0, 0.1) is 0 Å². The molecular formula is C16H11F4N5OS. The number of hydrogen-bond donors (Lipinski definition) is 1. The third-order valence-corrected chi connectivity index (χ3v) is 4.65. The van der Waals surface area contributed by atoms with E-state index in [-0.39, 0.29) is 35.2 Å². The number of alkyl halides is 4. The van der Waals surface area contributed by atoms with Gasteiger partial charge in [0.25, 0.3) is 5.91 Å². The summed E-state index contributed by atoms with van der Waals surface area (Å²) >= 11 is 0.763. The number of amides is 1. The van der Waals surface area contributed by atoms with E-state index in [1.165, 1.54) is 28.9 Å². The van der Waals surface area contributed by atoms with E-state index >= 15 is 0 Å². The van der Waals surface area contributed by atoms with Crippen molar-refractivity contribution in [3.8, 4) is 11.4 Å². The second-order valence-electron chi connectivity index (χ2n) is 5.93. The number of halogens is 4. The molecule has 11 heteroatoms. The van der Waals surface area contributed by atoms with Gasteiger partial charge in [0.15, 0.2) is 11.5 Å². The summed E-state index contributed by atoms with van der Waals surface area (Å²) in [6, 6.07) is 6.43. The number of carbonyl (C=O) groups excluding carboxylic acids is 1. The van der Waals surface area contributed by atoms with Crippen LogP contribution in [-0.4, -0.2) is 31.2 Å². The summed E-state index contributed by atoms with van der Waals surface area (Å²) in [5.74, 6) is -0.713. The quantitative estimate of drug-likeness (QED) is 0.686. The monoisotopic (exact) mass is 397 g/mol. The Morgan fingerprint density at radius 2 is 2.07 bits per heavy atom. The van der Waals surface area contributed by atoms with Crippen molar-refractivity contribution in [3.63, 3.8) is 0 Å². The Hall–Kier alpha value is -2.82. The first-order chi connectivity index (χ1) is 12.8. The van der Waals surface area contributed by atoms with Crippen molar-refractivity contribution in [2.45, 2.75) is 25.3 Å². The van der Waals surface area contributed by atoms with Crippen LogP contribution in [0.2, 0.25) is 0 Å². The second-order valence-corrected chi connectivity index (χ2v) is 6.68. The molecule has 0 spiro atoms. The number of nitrogens with zero attached hydrogens (tertiary/aromatic N) is 4. The van der Waals surface area contributed by atoms with Crippen LogP contribution in [0.5, 0.6) is 0 Å².